The van der Waals surface area contributed by atoms with E-state index < -0.39 is 0 Å². The minimum Gasteiger partial charge on any atom is -1.00 e. The van der Waals surface area contributed by atoms with Crippen molar-refractivity contribution in [2.24, 2.45) is 0 Å². The summed E-state index contributed by atoms with van der Waals surface area (Å²) < 4.78 is 4.66. The van der Waals surface area contributed by atoms with E-state index in [0.717, 1.165) is 6.42 Å². The number of benzene rings is 2. The molecular weight excluding hydrogens is 372 g/mol. The molecule has 4 rings (SSSR count). The van der Waals surface area contributed by atoms with Crippen LogP contribution in [0.3, 0.4) is 0 Å². The van der Waals surface area contributed by atoms with Crippen molar-refractivity contribution in [2.45, 2.75) is 19.4 Å². The Morgan fingerprint density at radius 1 is 0.840 bits per heavy atom. The second-order valence-electron chi connectivity index (χ2n) is 6.26. The molecule has 0 aliphatic rings. The van der Waals surface area contributed by atoms with Gasteiger partial charge in [0.1, 0.15) is 12.2 Å². The molecule has 0 radical (unpaired) electrons. The largest absolute Gasteiger partial charge is 1.00 e. The summed E-state index contributed by atoms with van der Waals surface area (Å²) in [7, 11) is 0. The average molecular weight is 393 g/mol. The molecule has 2 aromatic carbocycles. The second kappa shape index (κ2) is 7.66. The first-order valence-corrected chi connectivity index (χ1v) is 8.43. The van der Waals surface area contributed by atoms with Crippen molar-refractivity contribution in [2.75, 3.05) is 0 Å². The molecule has 126 valence electrons. The zero-order valence-electron chi connectivity index (χ0n) is 14.2. The Kier molecular flexibility index (Phi) is 5.34. The highest BCUT2D eigenvalue weighted by Crippen LogP contribution is 2.26. The van der Waals surface area contributed by atoms with Gasteiger partial charge in [-0.15, -0.1) is 0 Å². The normalized spacial score (nSPS) is 11.9. The summed E-state index contributed by atoms with van der Waals surface area (Å²) >= 11 is 0. The monoisotopic (exact) mass is 392 g/mol. The Morgan fingerprint density at radius 3 is 2.20 bits per heavy atom. The molecule has 2 heterocycles. The van der Waals surface area contributed by atoms with Gasteiger partial charge in [0.25, 0.3) is 5.65 Å². The molecule has 0 aliphatic heterocycles. The van der Waals surface area contributed by atoms with Crippen LogP contribution in [0.15, 0.2) is 91.3 Å². The summed E-state index contributed by atoms with van der Waals surface area (Å²) in [4.78, 5) is 0. The van der Waals surface area contributed by atoms with Gasteiger partial charge < -0.3 is 17.0 Å². The number of rotatable bonds is 4. The Bertz CT molecular complexity index is 946. The second-order valence-corrected chi connectivity index (χ2v) is 6.26. The van der Waals surface area contributed by atoms with Crippen molar-refractivity contribution in [1.82, 2.24) is 4.57 Å². The maximum absolute atomic E-state index is 2.45. The van der Waals surface area contributed by atoms with Crippen molar-refractivity contribution < 1.29 is 21.4 Å². The van der Waals surface area contributed by atoms with E-state index in [1.54, 1.807) is 0 Å². The summed E-state index contributed by atoms with van der Waals surface area (Å²) in [5, 5.41) is 0. The molecule has 0 bridgehead atoms. The molecule has 1 atom stereocenters. The van der Waals surface area contributed by atoms with Gasteiger partial charge >= 0.3 is 0 Å². The van der Waals surface area contributed by atoms with E-state index >= 15 is 0 Å². The Labute approximate surface area is 159 Å². The van der Waals surface area contributed by atoms with Crippen molar-refractivity contribution in [3.63, 3.8) is 0 Å². The SMILES string of the molecule is CC(Cc1ccccc1)n1c(-c2ccccc2)c[n+]2ccccc12.[Br-]. The lowest BCUT2D eigenvalue weighted by Gasteiger charge is -2.12. The highest BCUT2D eigenvalue weighted by Gasteiger charge is 2.23. The summed E-state index contributed by atoms with van der Waals surface area (Å²) in [5.41, 5.74) is 5.10. The van der Waals surface area contributed by atoms with Crippen molar-refractivity contribution in [3.8, 4) is 11.3 Å². The smallest absolute Gasteiger partial charge is 0.286 e. The molecule has 0 N–H and O–H groups in total. The van der Waals surface area contributed by atoms with Crippen molar-refractivity contribution in [1.29, 1.82) is 0 Å². The van der Waals surface area contributed by atoms with Crippen LogP contribution in [0.4, 0.5) is 0 Å². The average Bonchev–Trinajstić information content (AvgIpc) is 3.03. The van der Waals surface area contributed by atoms with E-state index in [4.69, 9.17) is 0 Å². The third-order valence-electron chi connectivity index (χ3n) is 4.52. The van der Waals surface area contributed by atoms with Crippen LogP contribution in [0.25, 0.3) is 16.9 Å². The fraction of sp³-hybridized carbons (Fsp3) is 0.136. The Hall–Kier alpha value is -2.39. The molecule has 4 aromatic rings. The van der Waals surface area contributed by atoms with Crippen LogP contribution in [0, 0.1) is 0 Å². The number of fused-ring (bicyclic) bond motifs is 1. The lowest BCUT2D eigenvalue weighted by Crippen LogP contribution is -3.00. The van der Waals surface area contributed by atoms with E-state index in [-0.39, 0.29) is 17.0 Å². The van der Waals surface area contributed by atoms with E-state index in [2.05, 4.69) is 107 Å². The number of pyridine rings is 1. The topological polar surface area (TPSA) is 9.03 Å². The lowest BCUT2D eigenvalue weighted by molar-refractivity contribution is -0.510. The van der Waals surface area contributed by atoms with Crippen LogP contribution in [0.5, 0.6) is 0 Å². The zero-order chi connectivity index (χ0) is 16.4. The zero-order valence-corrected chi connectivity index (χ0v) is 15.8. The number of aromatic nitrogens is 2. The Morgan fingerprint density at radius 2 is 1.48 bits per heavy atom. The molecule has 0 saturated carbocycles. The number of nitrogens with zero attached hydrogens (tertiary/aromatic N) is 2. The van der Waals surface area contributed by atoms with Gasteiger partial charge in [-0.05, 0) is 18.6 Å². The summed E-state index contributed by atoms with van der Waals surface area (Å²) in [6, 6.07) is 28.1. The molecule has 0 fully saturated rings. The molecule has 1 unspecified atom stereocenters. The quantitative estimate of drug-likeness (QED) is 0.467. The molecule has 25 heavy (non-hydrogen) atoms. The van der Waals surface area contributed by atoms with E-state index in [1.807, 2.05) is 0 Å². The van der Waals surface area contributed by atoms with Gasteiger partial charge in [-0.2, -0.15) is 0 Å². The van der Waals surface area contributed by atoms with Crippen LogP contribution in [0.1, 0.15) is 18.5 Å². The predicted octanol–water partition coefficient (Wildman–Crippen LogP) is 1.70. The minimum absolute atomic E-state index is 0. The van der Waals surface area contributed by atoms with Gasteiger partial charge in [0.15, 0.2) is 5.69 Å². The van der Waals surface area contributed by atoms with Gasteiger partial charge in [0.05, 0.1) is 6.20 Å². The van der Waals surface area contributed by atoms with Gasteiger partial charge in [0.2, 0.25) is 0 Å². The maximum atomic E-state index is 2.45. The number of hydrogen-bond acceptors (Lipinski definition) is 0. The number of hydrogen-bond donors (Lipinski definition) is 0. The van der Waals surface area contributed by atoms with Crippen molar-refractivity contribution >= 4 is 5.65 Å². The first kappa shape index (κ1) is 17.4. The first-order chi connectivity index (χ1) is 11.8. The maximum Gasteiger partial charge on any atom is 0.286 e. The lowest BCUT2D eigenvalue weighted by atomic mass is 10.1. The van der Waals surface area contributed by atoms with Crippen LogP contribution >= 0.6 is 0 Å². The molecule has 0 saturated heterocycles. The van der Waals surface area contributed by atoms with Gasteiger partial charge in [-0.1, -0.05) is 66.7 Å². The van der Waals surface area contributed by atoms with Crippen LogP contribution < -0.4 is 21.4 Å². The predicted molar refractivity (Wildman–Crippen MR) is 97.9 cm³/mol. The molecule has 0 spiro atoms. The van der Waals surface area contributed by atoms with Crippen LogP contribution in [-0.4, -0.2) is 4.57 Å². The minimum atomic E-state index is 0. The van der Waals surface area contributed by atoms with E-state index in [9.17, 15) is 0 Å². The van der Waals surface area contributed by atoms with Crippen LogP contribution in [-0.2, 0) is 6.42 Å². The fourth-order valence-electron chi connectivity index (χ4n) is 3.41. The van der Waals surface area contributed by atoms with Gasteiger partial charge in [-0.25, -0.2) is 8.97 Å². The third-order valence-corrected chi connectivity index (χ3v) is 4.52. The fourth-order valence-corrected chi connectivity index (χ4v) is 3.41. The summed E-state index contributed by atoms with van der Waals surface area (Å²) in [6.07, 6.45) is 5.36. The number of halogens is 1. The molecule has 0 aliphatic carbocycles. The summed E-state index contributed by atoms with van der Waals surface area (Å²) in [6.45, 7) is 2.30. The molecule has 3 heteroatoms. The van der Waals surface area contributed by atoms with Crippen LogP contribution in [0.2, 0.25) is 0 Å². The van der Waals surface area contributed by atoms with Gasteiger partial charge in [-0.3, -0.25) is 0 Å². The molecule has 2 aromatic heterocycles. The Balaban J connectivity index is 0.00000182. The highest BCUT2D eigenvalue weighted by atomic mass is 79.9. The molecule has 2 nitrogen and oxygen atoms in total. The molecular formula is C22H21BrN2. The van der Waals surface area contributed by atoms with E-state index in [0.29, 0.717) is 6.04 Å². The standard InChI is InChI=1S/C22H21N2.BrH/c1-18(16-19-10-4-2-5-11-19)24-21(20-12-6-3-7-13-20)17-23-15-9-8-14-22(23)24;/h2-15,17-18H,16H2,1H3;1H/q+1;/p-1. The highest BCUT2D eigenvalue weighted by molar-refractivity contribution is 5.61. The number of imidazole rings is 1. The summed E-state index contributed by atoms with van der Waals surface area (Å²) in [5.74, 6) is 0. The van der Waals surface area contributed by atoms with E-state index in [1.165, 1.54) is 22.5 Å². The van der Waals surface area contributed by atoms with Gasteiger partial charge in [0, 0.05) is 18.1 Å². The third kappa shape index (κ3) is 3.52. The molecule has 0 amide bonds. The van der Waals surface area contributed by atoms with Crippen molar-refractivity contribution in [3.05, 3.63) is 96.8 Å². The first-order valence-electron chi connectivity index (χ1n) is 8.43.